The summed E-state index contributed by atoms with van der Waals surface area (Å²) < 4.78 is 0. The molecule has 1 unspecified atom stereocenters. The molecular weight excluding hydrogens is 266 g/mol. The summed E-state index contributed by atoms with van der Waals surface area (Å²) in [7, 11) is 0. The van der Waals surface area contributed by atoms with Crippen molar-refractivity contribution in [3.05, 3.63) is 88.5 Å². The number of benzene rings is 3. The van der Waals surface area contributed by atoms with Crippen molar-refractivity contribution in [1.29, 1.82) is 5.26 Å². The molecule has 0 radical (unpaired) electrons. The number of fused-ring (bicyclic) bond motifs is 2. The van der Waals surface area contributed by atoms with Gasteiger partial charge in [-0.25, -0.2) is 0 Å². The molecule has 1 heteroatoms. The average Bonchev–Trinajstić information content (AvgIpc) is 2.89. The fourth-order valence-electron chi connectivity index (χ4n) is 3.49. The van der Waals surface area contributed by atoms with E-state index in [9.17, 15) is 5.26 Å². The predicted octanol–water partition coefficient (Wildman–Crippen LogP) is 5.26. The van der Waals surface area contributed by atoms with Crippen LogP contribution in [-0.4, -0.2) is 0 Å². The van der Waals surface area contributed by atoms with E-state index in [1.807, 2.05) is 18.2 Å². The number of rotatable bonds is 1. The fraction of sp³-hybridized carbons (Fsp3) is 0.0952. The molecule has 3 aromatic rings. The van der Waals surface area contributed by atoms with Crippen molar-refractivity contribution in [3.8, 4) is 6.07 Å². The summed E-state index contributed by atoms with van der Waals surface area (Å²) >= 11 is 0. The molecule has 0 saturated carbocycles. The summed E-state index contributed by atoms with van der Waals surface area (Å²) in [4.78, 5) is 0. The van der Waals surface area contributed by atoms with Crippen molar-refractivity contribution in [2.75, 3.05) is 0 Å². The molecule has 0 amide bonds. The van der Waals surface area contributed by atoms with Gasteiger partial charge in [0, 0.05) is 5.92 Å². The largest absolute Gasteiger partial charge is 0.192 e. The topological polar surface area (TPSA) is 23.8 Å². The Morgan fingerprint density at radius 2 is 1.55 bits per heavy atom. The molecule has 104 valence electrons. The van der Waals surface area contributed by atoms with E-state index in [4.69, 9.17) is 0 Å². The lowest BCUT2D eigenvalue weighted by Crippen LogP contribution is -2.02. The Balaban J connectivity index is 1.99. The van der Waals surface area contributed by atoms with Crippen LogP contribution < -0.4 is 0 Å². The van der Waals surface area contributed by atoms with Gasteiger partial charge >= 0.3 is 0 Å². The Labute approximate surface area is 130 Å². The lowest BCUT2D eigenvalue weighted by atomic mass is 9.85. The zero-order valence-electron chi connectivity index (χ0n) is 12.4. The maximum Gasteiger partial charge on any atom is 0.0995 e. The number of hydrogen-bond acceptors (Lipinski definition) is 1. The van der Waals surface area contributed by atoms with Crippen LogP contribution in [0.15, 0.2) is 66.2 Å². The first-order valence-corrected chi connectivity index (χ1v) is 7.48. The van der Waals surface area contributed by atoms with Crippen molar-refractivity contribution in [2.24, 2.45) is 0 Å². The second-order valence-electron chi connectivity index (χ2n) is 5.85. The minimum Gasteiger partial charge on any atom is -0.192 e. The van der Waals surface area contributed by atoms with Crippen LogP contribution in [0.25, 0.3) is 16.8 Å². The van der Waals surface area contributed by atoms with E-state index in [0.29, 0.717) is 0 Å². The van der Waals surface area contributed by atoms with E-state index in [-0.39, 0.29) is 5.92 Å². The molecule has 0 saturated heterocycles. The Hall–Kier alpha value is -2.85. The van der Waals surface area contributed by atoms with Crippen LogP contribution in [0.1, 0.15) is 35.1 Å². The zero-order chi connectivity index (χ0) is 15.1. The molecule has 0 fully saturated rings. The van der Waals surface area contributed by atoms with Gasteiger partial charge in [0.05, 0.1) is 11.6 Å². The van der Waals surface area contributed by atoms with Gasteiger partial charge in [-0.2, -0.15) is 5.26 Å². The molecule has 1 aliphatic rings. The van der Waals surface area contributed by atoms with Crippen LogP contribution in [0.2, 0.25) is 0 Å². The van der Waals surface area contributed by atoms with E-state index < -0.39 is 0 Å². The van der Waals surface area contributed by atoms with Crippen LogP contribution >= 0.6 is 0 Å². The van der Waals surface area contributed by atoms with Crippen molar-refractivity contribution in [1.82, 2.24) is 0 Å². The van der Waals surface area contributed by atoms with Crippen molar-refractivity contribution < 1.29 is 0 Å². The standard InChI is InChI=1S/C21H15N/c1-14-10-17-8-4-5-9-19(17)21(14)20-12-16-7-3-2-6-15(16)11-18(20)13-22/h2-12,21H,1H3. The molecule has 22 heavy (non-hydrogen) atoms. The number of nitriles is 1. The maximum absolute atomic E-state index is 9.60. The van der Waals surface area contributed by atoms with E-state index in [2.05, 4.69) is 61.5 Å². The third-order valence-corrected chi connectivity index (χ3v) is 4.49. The van der Waals surface area contributed by atoms with Crippen molar-refractivity contribution in [3.63, 3.8) is 0 Å². The van der Waals surface area contributed by atoms with Gasteiger partial charge in [-0.1, -0.05) is 60.2 Å². The number of allylic oxidation sites excluding steroid dienone is 1. The van der Waals surface area contributed by atoms with Gasteiger partial charge in [-0.15, -0.1) is 0 Å². The first-order valence-electron chi connectivity index (χ1n) is 7.48. The van der Waals surface area contributed by atoms with Gasteiger partial charge in [0.2, 0.25) is 0 Å². The molecule has 0 N–H and O–H groups in total. The highest BCUT2D eigenvalue weighted by atomic mass is 14.3. The quantitative estimate of drug-likeness (QED) is 0.597. The van der Waals surface area contributed by atoms with Gasteiger partial charge in [-0.3, -0.25) is 0 Å². The Morgan fingerprint density at radius 3 is 2.32 bits per heavy atom. The average molecular weight is 281 g/mol. The number of nitrogens with zero attached hydrogens (tertiary/aromatic N) is 1. The van der Waals surface area contributed by atoms with Gasteiger partial charge in [0.15, 0.2) is 0 Å². The van der Waals surface area contributed by atoms with Gasteiger partial charge in [0.1, 0.15) is 0 Å². The second kappa shape index (κ2) is 4.86. The van der Waals surface area contributed by atoms with E-state index >= 15 is 0 Å². The highest BCUT2D eigenvalue weighted by Gasteiger charge is 2.26. The SMILES string of the molecule is CC1=Cc2ccccc2C1c1cc2ccccc2cc1C#N. The molecule has 3 aromatic carbocycles. The van der Waals surface area contributed by atoms with E-state index in [1.54, 1.807) is 0 Å². The smallest absolute Gasteiger partial charge is 0.0995 e. The summed E-state index contributed by atoms with van der Waals surface area (Å²) in [5, 5.41) is 11.9. The highest BCUT2D eigenvalue weighted by molar-refractivity contribution is 5.86. The molecule has 0 bridgehead atoms. The monoisotopic (exact) mass is 281 g/mol. The zero-order valence-corrected chi connectivity index (χ0v) is 12.4. The van der Waals surface area contributed by atoms with Gasteiger partial charge in [0.25, 0.3) is 0 Å². The summed E-state index contributed by atoms with van der Waals surface area (Å²) in [5.41, 5.74) is 5.75. The van der Waals surface area contributed by atoms with E-state index in [1.165, 1.54) is 22.1 Å². The lowest BCUT2D eigenvalue weighted by molar-refractivity contribution is 0.974. The van der Waals surface area contributed by atoms with Crippen LogP contribution in [0, 0.1) is 11.3 Å². The van der Waals surface area contributed by atoms with E-state index in [0.717, 1.165) is 16.5 Å². The minimum atomic E-state index is 0.190. The molecule has 1 aliphatic carbocycles. The second-order valence-corrected chi connectivity index (χ2v) is 5.85. The van der Waals surface area contributed by atoms with Crippen LogP contribution in [0.3, 0.4) is 0 Å². The van der Waals surface area contributed by atoms with Crippen LogP contribution in [0.4, 0.5) is 0 Å². The Bertz CT molecular complexity index is 957. The van der Waals surface area contributed by atoms with Crippen molar-refractivity contribution in [2.45, 2.75) is 12.8 Å². The summed E-state index contributed by atoms with van der Waals surface area (Å²) in [6.45, 7) is 2.15. The summed E-state index contributed by atoms with van der Waals surface area (Å²) in [6.07, 6.45) is 2.23. The third-order valence-electron chi connectivity index (χ3n) is 4.49. The molecule has 0 aliphatic heterocycles. The predicted molar refractivity (Wildman–Crippen MR) is 90.6 cm³/mol. The maximum atomic E-state index is 9.60. The summed E-state index contributed by atoms with van der Waals surface area (Å²) in [6, 6.07) is 23.3. The molecule has 0 heterocycles. The first-order chi connectivity index (χ1) is 10.8. The minimum absolute atomic E-state index is 0.190. The molecular formula is C21H15N. The molecule has 0 aromatic heterocycles. The normalized spacial score (nSPS) is 16.2. The first kappa shape index (κ1) is 12.9. The molecule has 1 atom stereocenters. The van der Waals surface area contributed by atoms with Crippen LogP contribution in [0.5, 0.6) is 0 Å². The molecule has 0 spiro atoms. The Kier molecular flexibility index (Phi) is 2.84. The van der Waals surface area contributed by atoms with Crippen molar-refractivity contribution >= 4 is 16.8 Å². The van der Waals surface area contributed by atoms with Crippen LogP contribution in [-0.2, 0) is 0 Å². The lowest BCUT2D eigenvalue weighted by Gasteiger charge is -2.17. The molecule has 1 nitrogen and oxygen atoms in total. The Morgan fingerprint density at radius 1 is 0.864 bits per heavy atom. The highest BCUT2D eigenvalue weighted by Crippen LogP contribution is 2.42. The summed E-state index contributed by atoms with van der Waals surface area (Å²) in [5.74, 6) is 0.190. The van der Waals surface area contributed by atoms with Gasteiger partial charge < -0.3 is 0 Å². The number of hydrogen-bond donors (Lipinski definition) is 0. The fourth-order valence-corrected chi connectivity index (χ4v) is 3.49. The molecule has 4 rings (SSSR count). The van der Waals surface area contributed by atoms with Gasteiger partial charge in [-0.05, 0) is 46.5 Å². The third kappa shape index (κ3) is 1.85.